The van der Waals surface area contributed by atoms with Gasteiger partial charge in [0, 0.05) is 19.7 Å². The van der Waals surface area contributed by atoms with E-state index >= 15 is 0 Å². The van der Waals surface area contributed by atoms with Crippen LogP contribution in [-0.4, -0.2) is 40.5 Å². The number of nitrogens with one attached hydrogen (secondary N) is 1. The molecule has 3 N–H and O–H groups in total. The van der Waals surface area contributed by atoms with Gasteiger partial charge in [-0.2, -0.15) is 5.10 Å². The Morgan fingerprint density at radius 3 is 2.75 bits per heavy atom. The Bertz CT molecular complexity index is 419. The lowest BCUT2D eigenvalue weighted by atomic mass is 10.2. The Balaban J connectivity index is 2.70. The zero-order valence-electron chi connectivity index (χ0n) is 9.01. The van der Waals surface area contributed by atoms with E-state index in [1.165, 1.54) is 12.3 Å². The number of phenolic OH excluding ortho intramolecular Hbond substituents is 2. The van der Waals surface area contributed by atoms with Crippen LogP contribution in [0.5, 0.6) is 11.5 Å². The Morgan fingerprint density at radius 1 is 1.44 bits per heavy atom. The Kier molecular flexibility index (Phi) is 4.07. The van der Waals surface area contributed by atoms with Gasteiger partial charge in [-0.3, -0.25) is 5.43 Å². The molecule has 1 rings (SSSR count). The highest BCUT2D eigenvalue weighted by Crippen LogP contribution is 2.26. The Hall–Kier alpha value is -1.82. The van der Waals surface area contributed by atoms with Crippen LogP contribution in [0.2, 0.25) is 0 Å². The van der Waals surface area contributed by atoms with E-state index in [1.54, 1.807) is 31.1 Å². The second-order valence-corrected chi connectivity index (χ2v) is 3.67. The highest BCUT2D eigenvalue weighted by molar-refractivity contribution is 7.80. The molecule has 16 heavy (non-hydrogen) atoms. The summed E-state index contributed by atoms with van der Waals surface area (Å²) in [5.41, 5.74) is 3.02. The van der Waals surface area contributed by atoms with Crippen molar-refractivity contribution >= 4 is 23.5 Å². The normalized spacial score (nSPS) is 10.4. The number of hydrogen-bond donors (Lipinski definition) is 3. The SMILES string of the molecule is CN(C)C(=S)N/N=C/c1cccc(O)c1O. The third kappa shape index (κ3) is 3.09. The highest BCUT2D eigenvalue weighted by Gasteiger charge is 2.02. The number of benzene rings is 1. The smallest absolute Gasteiger partial charge is 0.189 e. The molecule has 0 aliphatic heterocycles. The number of hydrogen-bond acceptors (Lipinski definition) is 4. The van der Waals surface area contributed by atoms with Crippen LogP contribution in [0.25, 0.3) is 0 Å². The Labute approximate surface area is 99.0 Å². The number of rotatable bonds is 2. The molecule has 0 radical (unpaired) electrons. The fourth-order valence-corrected chi connectivity index (χ4v) is 0.963. The van der Waals surface area contributed by atoms with Gasteiger partial charge in [0.2, 0.25) is 0 Å². The lowest BCUT2D eigenvalue weighted by molar-refractivity contribution is 0.403. The number of aromatic hydroxyl groups is 2. The first-order chi connectivity index (χ1) is 7.52. The van der Waals surface area contributed by atoms with Crippen molar-refractivity contribution in [3.8, 4) is 11.5 Å². The maximum atomic E-state index is 9.46. The summed E-state index contributed by atoms with van der Waals surface area (Å²) in [5, 5.41) is 23.0. The molecule has 6 heteroatoms. The summed E-state index contributed by atoms with van der Waals surface area (Å²) in [5.74, 6) is -0.386. The minimum Gasteiger partial charge on any atom is -0.504 e. The van der Waals surface area contributed by atoms with Crippen LogP contribution in [0.1, 0.15) is 5.56 Å². The van der Waals surface area contributed by atoms with E-state index in [1.807, 2.05) is 0 Å². The average molecular weight is 239 g/mol. The van der Waals surface area contributed by atoms with Crippen molar-refractivity contribution in [1.29, 1.82) is 0 Å². The van der Waals surface area contributed by atoms with Crippen LogP contribution in [0.15, 0.2) is 23.3 Å². The van der Waals surface area contributed by atoms with Gasteiger partial charge in [0.25, 0.3) is 0 Å². The van der Waals surface area contributed by atoms with Gasteiger partial charge in [-0.25, -0.2) is 0 Å². The molecule has 1 aromatic carbocycles. The quantitative estimate of drug-likeness (QED) is 0.309. The van der Waals surface area contributed by atoms with E-state index in [9.17, 15) is 10.2 Å². The number of phenols is 2. The molecule has 0 saturated heterocycles. The van der Waals surface area contributed by atoms with E-state index in [-0.39, 0.29) is 11.5 Å². The van der Waals surface area contributed by atoms with Crippen LogP contribution in [0.4, 0.5) is 0 Å². The molecule has 0 unspecified atom stereocenters. The van der Waals surface area contributed by atoms with Crippen LogP contribution >= 0.6 is 12.2 Å². The molecule has 0 saturated carbocycles. The first kappa shape index (κ1) is 12.3. The summed E-state index contributed by atoms with van der Waals surface area (Å²) in [4.78, 5) is 1.69. The van der Waals surface area contributed by atoms with Gasteiger partial charge in [-0.1, -0.05) is 6.07 Å². The fourth-order valence-electron chi connectivity index (χ4n) is 0.910. The predicted molar refractivity (Wildman–Crippen MR) is 66.8 cm³/mol. The first-order valence-corrected chi connectivity index (χ1v) is 4.94. The lowest BCUT2D eigenvalue weighted by Crippen LogP contribution is -2.30. The van der Waals surface area contributed by atoms with E-state index in [0.29, 0.717) is 10.7 Å². The standard InChI is InChI=1S/C10H13N3O2S/c1-13(2)10(16)12-11-6-7-4-3-5-8(14)9(7)15/h3-6,14-15H,1-2H3,(H,12,16)/b11-6+. The largest absolute Gasteiger partial charge is 0.504 e. The molecule has 0 bridgehead atoms. The van der Waals surface area contributed by atoms with Gasteiger partial charge in [-0.15, -0.1) is 0 Å². The van der Waals surface area contributed by atoms with Crippen molar-refractivity contribution in [1.82, 2.24) is 10.3 Å². The van der Waals surface area contributed by atoms with Crippen molar-refractivity contribution in [2.45, 2.75) is 0 Å². The summed E-state index contributed by atoms with van der Waals surface area (Å²) in [6, 6.07) is 4.63. The molecule has 5 nitrogen and oxygen atoms in total. The van der Waals surface area contributed by atoms with Crippen LogP contribution in [0, 0.1) is 0 Å². The van der Waals surface area contributed by atoms with Crippen LogP contribution in [-0.2, 0) is 0 Å². The summed E-state index contributed by atoms with van der Waals surface area (Å²) in [7, 11) is 3.58. The number of para-hydroxylation sites is 1. The third-order valence-corrected chi connectivity index (χ3v) is 2.27. The summed E-state index contributed by atoms with van der Waals surface area (Å²) in [6.07, 6.45) is 1.38. The molecule has 0 atom stereocenters. The van der Waals surface area contributed by atoms with Crippen molar-refractivity contribution in [2.24, 2.45) is 5.10 Å². The van der Waals surface area contributed by atoms with Crippen molar-refractivity contribution in [3.05, 3.63) is 23.8 Å². The van der Waals surface area contributed by atoms with Crippen molar-refractivity contribution in [2.75, 3.05) is 14.1 Å². The summed E-state index contributed by atoms with van der Waals surface area (Å²) in [6.45, 7) is 0. The van der Waals surface area contributed by atoms with Crippen molar-refractivity contribution in [3.63, 3.8) is 0 Å². The average Bonchev–Trinajstić information content (AvgIpc) is 2.24. The molecular weight excluding hydrogens is 226 g/mol. The monoisotopic (exact) mass is 239 g/mol. The zero-order chi connectivity index (χ0) is 12.1. The maximum absolute atomic E-state index is 9.46. The van der Waals surface area contributed by atoms with Gasteiger partial charge in [0.15, 0.2) is 16.6 Å². The lowest BCUT2D eigenvalue weighted by Gasteiger charge is -2.11. The van der Waals surface area contributed by atoms with Gasteiger partial charge in [0.1, 0.15) is 0 Å². The second-order valence-electron chi connectivity index (χ2n) is 3.28. The fraction of sp³-hybridized carbons (Fsp3) is 0.200. The van der Waals surface area contributed by atoms with E-state index in [0.717, 1.165) is 0 Å². The minimum atomic E-state index is -0.205. The van der Waals surface area contributed by atoms with Gasteiger partial charge >= 0.3 is 0 Å². The minimum absolute atomic E-state index is 0.181. The zero-order valence-corrected chi connectivity index (χ0v) is 9.82. The second kappa shape index (κ2) is 5.32. The molecule has 0 aromatic heterocycles. The topological polar surface area (TPSA) is 68.1 Å². The predicted octanol–water partition coefficient (Wildman–Crippen LogP) is 0.868. The van der Waals surface area contributed by atoms with E-state index < -0.39 is 0 Å². The maximum Gasteiger partial charge on any atom is 0.189 e. The van der Waals surface area contributed by atoms with E-state index in [4.69, 9.17) is 12.2 Å². The molecular formula is C10H13N3O2S. The van der Waals surface area contributed by atoms with Gasteiger partial charge in [-0.05, 0) is 24.4 Å². The van der Waals surface area contributed by atoms with Gasteiger partial charge < -0.3 is 15.1 Å². The Morgan fingerprint density at radius 2 is 2.12 bits per heavy atom. The van der Waals surface area contributed by atoms with Gasteiger partial charge in [0.05, 0.1) is 6.21 Å². The number of thiocarbonyl (C=S) groups is 1. The third-order valence-electron chi connectivity index (χ3n) is 1.82. The van der Waals surface area contributed by atoms with Crippen molar-refractivity contribution < 1.29 is 10.2 Å². The van der Waals surface area contributed by atoms with E-state index in [2.05, 4.69) is 10.5 Å². The van der Waals surface area contributed by atoms with Crippen LogP contribution < -0.4 is 5.43 Å². The molecule has 1 aromatic rings. The summed E-state index contributed by atoms with van der Waals surface area (Å²) >= 11 is 4.94. The molecule has 0 spiro atoms. The molecule has 0 amide bonds. The summed E-state index contributed by atoms with van der Waals surface area (Å²) < 4.78 is 0. The van der Waals surface area contributed by atoms with Crippen LogP contribution in [0.3, 0.4) is 0 Å². The molecule has 0 aliphatic carbocycles. The molecule has 0 aliphatic rings. The molecule has 0 heterocycles. The highest BCUT2D eigenvalue weighted by atomic mass is 32.1. The number of hydrazone groups is 1. The number of nitrogens with zero attached hydrogens (tertiary/aromatic N) is 2. The molecule has 86 valence electrons. The molecule has 0 fully saturated rings. The first-order valence-electron chi connectivity index (χ1n) is 4.53.